The van der Waals surface area contributed by atoms with Gasteiger partial charge < -0.3 is 19.2 Å². The number of nitrogens with one attached hydrogen (secondary N) is 2. The minimum Gasteiger partial charge on any atom is -0.491 e. The number of halogens is 3. The van der Waals surface area contributed by atoms with E-state index in [1.54, 1.807) is 24.3 Å². The molecule has 0 radical (unpaired) electrons. The maximum absolute atomic E-state index is 12.9. The largest absolute Gasteiger partial charge is 0.491 e. The van der Waals surface area contributed by atoms with Crippen LogP contribution in [0.1, 0.15) is 39.8 Å². The number of carbonyl (C=O) groups excluding carboxylic acids is 2. The van der Waals surface area contributed by atoms with Gasteiger partial charge in [-0.15, -0.1) is 0 Å². The number of hydroxylamine groups is 1. The first-order valence-corrected chi connectivity index (χ1v) is 10.3. The number of amides is 2. The van der Waals surface area contributed by atoms with Crippen molar-refractivity contribution in [2.45, 2.75) is 32.2 Å². The van der Waals surface area contributed by atoms with E-state index in [-0.39, 0.29) is 23.5 Å². The van der Waals surface area contributed by atoms with E-state index in [4.69, 9.17) is 19.1 Å². The van der Waals surface area contributed by atoms with Crippen molar-refractivity contribution in [2.75, 3.05) is 13.2 Å². The van der Waals surface area contributed by atoms with Crippen molar-refractivity contribution < 1.29 is 41.9 Å². The molecule has 0 aliphatic rings. The number of ether oxygens (including phenoxy) is 2. The molecule has 0 saturated carbocycles. The summed E-state index contributed by atoms with van der Waals surface area (Å²) in [6, 6.07) is 12.2. The number of furan rings is 1. The summed E-state index contributed by atoms with van der Waals surface area (Å²) < 4.78 is 53.6. The summed E-state index contributed by atoms with van der Waals surface area (Å²) in [6.45, 7) is 0.0287. The zero-order valence-corrected chi connectivity index (χ0v) is 18.1. The maximum Gasteiger partial charge on any atom is 0.411 e. The lowest BCUT2D eigenvalue weighted by Gasteiger charge is -2.17. The molecule has 34 heavy (non-hydrogen) atoms. The molecule has 0 aliphatic carbocycles. The highest BCUT2D eigenvalue weighted by atomic mass is 19.4. The van der Waals surface area contributed by atoms with E-state index in [1.165, 1.54) is 29.7 Å². The Morgan fingerprint density at radius 1 is 1.09 bits per heavy atom. The molecule has 3 rings (SSSR count). The van der Waals surface area contributed by atoms with Crippen molar-refractivity contribution in [2.24, 2.45) is 0 Å². The van der Waals surface area contributed by atoms with Crippen molar-refractivity contribution in [3.05, 3.63) is 65.4 Å². The molecule has 0 fully saturated rings. The molecule has 3 N–H and O–H groups in total. The number of hydrogen-bond donors (Lipinski definition) is 3. The highest BCUT2D eigenvalue weighted by Gasteiger charge is 2.29. The third kappa shape index (κ3) is 6.49. The van der Waals surface area contributed by atoms with Gasteiger partial charge in [-0.1, -0.05) is 25.1 Å². The number of fused-ring (bicyclic) bond motifs is 1. The highest BCUT2D eigenvalue weighted by molar-refractivity contribution is 5.99. The second kappa shape index (κ2) is 11.0. The molecule has 1 heterocycles. The number of benzene rings is 2. The summed E-state index contributed by atoms with van der Waals surface area (Å²) in [5.74, 6) is -0.952. The quantitative estimate of drug-likeness (QED) is 0.296. The molecule has 0 bridgehead atoms. The fraction of sp³-hybridized carbons (Fsp3) is 0.304. The first-order chi connectivity index (χ1) is 16.2. The van der Waals surface area contributed by atoms with Crippen LogP contribution in [0.15, 0.2) is 52.9 Å². The van der Waals surface area contributed by atoms with Crippen LogP contribution in [0.3, 0.4) is 0 Å². The van der Waals surface area contributed by atoms with E-state index in [2.05, 4.69) is 5.32 Å². The molecule has 2 aromatic carbocycles. The third-order valence-corrected chi connectivity index (χ3v) is 4.91. The molecule has 2 amide bonds. The van der Waals surface area contributed by atoms with E-state index in [0.717, 1.165) is 0 Å². The molecule has 0 unspecified atom stereocenters. The minimum absolute atomic E-state index is 0.0912. The van der Waals surface area contributed by atoms with Crippen molar-refractivity contribution >= 4 is 22.8 Å². The average Bonchev–Trinajstić information content (AvgIpc) is 3.19. The Morgan fingerprint density at radius 2 is 1.79 bits per heavy atom. The zero-order valence-electron chi connectivity index (χ0n) is 18.1. The molecule has 0 spiro atoms. The van der Waals surface area contributed by atoms with Crippen LogP contribution in [0.4, 0.5) is 13.2 Å². The number of carbonyl (C=O) groups is 2. The molecular formula is C23H23F3N2O6. The van der Waals surface area contributed by atoms with Crippen molar-refractivity contribution in [3.63, 3.8) is 0 Å². The Morgan fingerprint density at radius 3 is 2.44 bits per heavy atom. The van der Waals surface area contributed by atoms with E-state index >= 15 is 0 Å². The van der Waals surface area contributed by atoms with Gasteiger partial charge >= 0.3 is 6.18 Å². The predicted octanol–water partition coefficient (Wildman–Crippen LogP) is 4.22. The summed E-state index contributed by atoms with van der Waals surface area (Å²) in [4.78, 5) is 24.3. The molecule has 8 nitrogen and oxygen atoms in total. The molecule has 3 aromatic rings. The monoisotopic (exact) mass is 480 g/mol. The third-order valence-electron chi connectivity index (χ3n) is 4.91. The number of hydrogen-bond acceptors (Lipinski definition) is 6. The highest BCUT2D eigenvalue weighted by Crippen LogP contribution is 2.27. The Kier molecular flexibility index (Phi) is 8.13. The predicted molar refractivity (Wildman–Crippen MR) is 115 cm³/mol. The first-order valence-electron chi connectivity index (χ1n) is 10.3. The standard InChI is InChI=1S/C23H23F3N2O6/c1-2-15(11-33-16-9-7-14(8-10-16)21(29)28-31)27-22(30)20-18(12-32-13-23(24,25)26)17-5-3-4-6-19(17)34-20/h3-10,15,31H,2,11-13H2,1H3,(H,27,30)(H,28,29)/t15-/m0/s1. The van der Waals surface area contributed by atoms with Crippen LogP contribution in [0, 0.1) is 0 Å². The molecule has 11 heteroatoms. The van der Waals surface area contributed by atoms with E-state index in [0.29, 0.717) is 23.1 Å². The molecule has 0 saturated heterocycles. The van der Waals surface area contributed by atoms with Gasteiger partial charge in [-0.25, -0.2) is 5.48 Å². The Bertz CT molecular complexity index is 1130. The fourth-order valence-electron chi connectivity index (χ4n) is 3.17. The zero-order chi connectivity index (χ0) is 24.7. The Labute approximate surface area is 192 Å². The van der Waals surface area contributed by atoms with E-state index in [9.17, 15) is 22.8 Å². The lowest BCUT2D eigenvalue weighted by molar-refractivity contribution is -0.176. The van der Waals surface area contributed by atoms with Gasteiger partial charge in [-0.2, -0.15) is 13.2 Å². The molecule has 1 aromatic heterocycles. The number of alkyl halides is 3. The average molecular weight is 480 g/mol. The molecular weight excluding hydrogens is 457 g/mol. The summed E-state index contributed by atoms with van der Waals surface area (Å²) in [5.41, 5.74) is 2.35. The van der Waals surface area contributed by atoms with Gasteiger partial charge in [0.25, 0.3) is 11.8 Å². The number of para-hydroxylation sites is 1. The lowest BCUT2D eigenvalue weighted by Crippen LogP contribution is -2.38. The second-order valence-corrected chi connectivity index (χ2v) is 7.37. The van der Waals surface area contributed by atoms with Gasteiger partial charge in [0.2, 0.25) is 0 Å². The summed E-state index contributed by atoms with van der Waals surface area (Å²) in [6.07, 6.45) is -4.00. The smallest absolute Gasteiger partial charge is 0.411 e. The van der Waals surface area contributed by atoms with Crippen LogP contribution in [0.25, 0.3) is 11.0 Å². The van der Waals surface area contributed by atoms with Crippen LogP contribution in [-0.4, -0.2) is 42.5 Å². The van der Waals surface area contributed by atoms with E-state index < -0.39 is 37.2 Å². The normalized spacial score (nSPS) is 12.4. The van der Waals surface area contributed by atoms with Crippen LogP contribution < -0.4 is 15.5 Å². The molecule has 1 atom stereocenters. The topological polar surface area (TPSA) is 110 Å². The summed E-state index contributed by atoms with van der Waals surface area (Å²) in [7, 11) is 0. The Balaban J connectivity index is 1.68. The van der Waals surface area contributed by atoms with Gasteiger partial charge in [-0.3, -0.25) is 14.8 Å². The van der Waals surface area contributed by atoms with Crippen molar-refractivity contribution in [1.29, 1.82) is 0 Å². The van der Waals surface area contributed by atoms with E-state index in [1.807, 2.05) is 6.92 Å². The van der Waals surface area contributed by atoms with Crippen molar-refractivity contribution in [1.82, 2.24) is 10.8 Å². The Hall–Kier alpha value is -3.57. The van der Waals surface area contributed by atoms with Crippen LogP contribution in [-0.2, 0) is 11.3 Å². The van der Waals surface area contributed by atoms with Crippen molar-refractivity contribution in [3.8, 4) is 5.75 Å². The molecule has 0 aliphatic heterocycles. The van der Waals surface area contributed by atoms with Crippen LogP contribution >= 0.6 is 0 Å². The minimum atomic E-state index is -4.49. The van der Waals surface area contributed by atoms with Gasteiger partial charge in [0.15, 0.2) is 5.76 Å². The maximum atomic E-state index is 12.9. The fourth-order valence-corrected chi connectivity index (χ4v) is 3.17. The lowest BCUT2D eigenvalue weighted by atomic mass is 10.1. The summed E-state index contributed by atoms with van der Waals surface area (Å²) >= 11 is 0. The van der Waals surface area contributed by atoms with Gasteiger partial charge in [0, 0.05) is 16.5 Å². The van der Waals surface area contributed by atoms with Gasteiger partial charge in [0.1, 0.15) is 24.5 Å². The van der Waals surface area contributed by atoms with Gasteiger partial charge in [-0.05, 0) is 36.8 Å². The second-order valence-electron chi connectivity index (χ2n) is 7.37. The SMILES string of the molecule is CC[C@@H](COc1ccc(C(=O)NO)cc1)NC(=O)c1oc2ccccc2c1COCC(F)(F)F. The first kappa shape index (κ1) is 25.1. The van der Waals surface area contributed by atoms with Gasteiger partial charge in [0.05, 0.1) is 12.6 Å². The van der Waals surface area contributed by atoms with Crippen LogP contribution in [0.2, 0.25) is 0 Å². The van der Waals surface area contributed by atoms with Crippen LogP contribution in [0.5, 0.6) is 5.75 Å². The molecule has 182 valence electrons. The summed E-state index contributed by atoms with van der Waals surface area (Å²) in [5, 5.41) is 11.9. The number of rotatable bonds is 10.